The van der Waals surface area contributed by atoms with Crippen molar-refractivity contribution < 1.29 is 14.3 Å². The lowest BCUT2D eigenvalue weighted by atomic mass is 10.2. The molecule has 0 saturated carbocycles. The van der Waals surface area contributed by atoms with Crippen LogP contribution in [0, 0.1) is 6.92 Å². The number of benzene rings is 1. The van der Waals surface area contributed by atoms with E-state index in [0.717, 1.165) is 5.69 Å². The molecule has 2 aromatic rings. The minimum Gasteiger partial charge on any atom is -0.484 e. The molecule has 0 bridgehead atoms. The van der Waals surface area contributed by atoms with Gasteiger partial charge in [-0.3, -0.25) is 14.3 Å². The van der Waals surface area contributed by atoms with Gasteiger partial charge in [-0.15, -0.1) is 0 Å². The lowest BCUT2D eigenvalue weighted by Crippen LogP contribution is -2.27. The molecule has 0 aliphatic rings. The molecular formula is C18H21ClN4O3. The fourth-order valence-electron chi connectivity index (χ4n) is 2.09. The number of carbonyl (C=O) groups excluding carboxylic acids is 2. The maximum absolute atomic E-state index is 12.0. The van der Waals surface area contributed by atoms with Crippen molar-refractivity contribution in [3.63, 3.8) is 0 Å². The number of anilines is 1. The number of rotatable bonds is 6. The van der Waals surface area contributed by atoms with Crippen LogP contribution >= 0.6 is 11.6 Å². The van der Waals surface area contributed by atoms with Crippen molar-refractivity contribution in [2.24, 2.45) is 7.05 Å². The van der Waals surface area contributed by atoms with Gasteiger partial charge >= 0.3 is 0 Å². The smallest absolute Gasteiger partial charge is 0.259 e. The highest BCUT2D eigenvalue weighted by Crippen LogP contribution is 2.20. The average molecular weight is 377 g/mol. The molecule has 0 unspecified atom stereocenters. The van der Waals surface area contributed by atoms with E-state index in [-0.39, 0.29) is 18.4 Å². The SMILES string of the molecule is Cc1nn(C)c(Cl)c1/C=C/C(=O)Nc1ccc(OCC(=O)N(C)C)cc1. The van der Waals surface area contributed by atoms with E-state index in [2.05, 4.69) is 10.4 Å². The van der Waals surface area contributed by atoms with Crippen LogP contribution in [0.4, 0.5) is 5.69 Å². The van der Waals surface area contributed by atoms with Crippen LogP contribution < -0.4 is 10.1 Å². The largest absolute Gasteiger partial charge is 0.484 e. The molecule has 0 radical (unpaired) electrons. The van der Waals surface area contributed by atoms with Crippen molar-refractivity contribution in [1.29, 1.82) is 0 Å². The molecule has 2 rings (SSSR count). The first-order valence-corrected chi connectivity index (χ1v) is 8.27. The number of aromatic nitrogens is 2. The Morgan fingerprint density at radius 2 is 1.96 bits per heavy atom. The van der Waals surface area contributed by atoms with E-state index in [1.165, 1.54) is 11.0 Å². The summed E-state index contributed by atoms with van der Waals surface area (Å²) in [6.45, 7) is 1.79. The van der Waals surface area contributed by atoms with Crippen molar-refractivity contribution in [2.75, 3.05) is 26.0 Å². The number of amides is 2. The topological polar surface area (TPSA) is 76.5 Å². The van der Waals surface area contributed by atoms with Gasteiger partial charge in [0.15, 0.2) is 6.61 Å². The number of hydrogen-bond acceptors (Lipinski definition) is 4. The number of ether oxygens (including phenoxy) is 1. The number of nitrogens with zero attached hydrogens (tertiary/aromatic N) is 3. The van der Waals surface area contributed by atoms with Crippen molar-refractivity contribution in [2.45, 2.75) is 6.92 Å². The van der Waals surface area contributed by atoms with Crippen LogP contribution in [0.1, 0.15) is 11.3 Å². The fraction of sp³-hybridized carbons (Fsp3) is 0.278. The van der Waals surface area contributed by atoms with E-state index in [4.69, 9.17) is 16.3 Å². The van der Waals surface area contributed by atoms with Gasteiger partial charge < -0.3 is 15.0 Å². The summed E-state index contributed by atoms with van der Waals surface area (Å²) in [4.78, 5) is 25.0. The standard InChI is InChI=1S/C18H21ClN4O3/c1-12-15(18(19)23(4)21-12)9-10-16(24)20-13-5-7-14(8-6-13)26-11-17(25)22(2)3/h5-10H,11H2,1-4H3,(H,20,24)/b10-9+. The summed E-state index contributed by atoms with van der Waals surface area (Å²) in [6.07, 6.45) is 3.03. The van der Waals surface area contributed by atoms with Gasteiger partial charge in [0.25, 0.3) is 5.91 Å². The molecule has 1 N–H and O–H groups in total. The van der Waals surface area contributed by atoms with Crippen LogP contribution in [0.25, 0.3) is 6.08 Å². The first-order valence-electron chi connectivity index (χ1n) is 7.89. The summed E-state index contributed by atoms with van der Waals surface area (Å²) in [7, 11) is 5.07. The molecular weight excluding hydrogens is 356 g/mol. The number of halogens is 1. The van der Waals surface area contributed by atoms with Crippen molar-refractivity contribution >= 4 is 35.2 Å². The second kappa shape index (κ2) is 8.53. The lowest BCUT2D eigenvalue weighted by Gasteiger charge is -2.11. The van der Waals surface area contributed by atoms with Gasteiger partial charge in [0.1, 0.15) is 10.9 Å². The van der Waals surface area contributed by atoms with Gasteiger partial charge in [-0.1, -0.05) is 11.6 Å². The Bertz CT molecular complexity index is 826. The Balaban J connectivity index is 1.93. The Labute approximate surface area is 157 Å². The second-order valence-electron chi connectivity index (χ2n) is 5.84. The van der Waals surface area contributed by atoms with E-state index in [9.17, 15) is 9.59 Å². The summed E-state index contributed by atoms with van der Waals surface area (Å²) in [5.41, 5.74) is 2.06. The predicted molar refractivity (Wildman–Crippen MR) is 101 cm³/mol. The lowest BCUT2D eigenvalue weighted by molar-refractivity contribution is -0.130. The number of aryl methyl sites for hydroxylation is 2. The molecule has 0 aliphatic heterocycles. The zero-order valence-corrected chi connectivity index (χ0v) is 15.9. The van der Waals surface area contributed by atoms with Gasteiger partial charge in [-0.05, 0) is 37.3 Å². The summed E-state index contributed by atoms with van der Waals surface area (Å²) in [5.74, 6) is 0.129. The van der Waals surface area contributed by atoms with E-state index < -0.39 is 0 Å². The third kappa shape index (κ3) is 5.10. The minimum absolute atomic E-state index is 0.0351. The average Bonchev–Trinajstić information content (AvgIpc) is 2.84. The highest BCUT2D eigenvalue weighted by molar-refractivity contribution is 6.31. The molecule has 0 saturated heterocycles. The van der Waals surface area contributed by atoms with Crippen molar-refractivity contribution in [1.82, 2.24) is 14.7 Å². The van der Waals surface area contributed by atoms with Crippen LogP contribution in [0.15, 0.2) is 30.3 Å². The molecule has 1 heterocycles. The van der Waals surface area contributed by atoms with Gasteiger partial charge in [0.05, 0.1) is 5.69 Å². The first kappa shape index (κ1) is 19.5. The fourth-order valence-corrected chi connectivity index (χ4v) is 2.32. The number of nitrogens with one attached hydrogen (secondary N) is 1. The van der Waals surface area contributed by atoms with Crippen LogP contribution in [0.2, 0.25) is 5.15 Å². The summed E-state index contributed by atoms with van der Waals surface area (Å²) in [6, 6.07) is 6.77. The second-order valence-corrected chi connectivity index (χ2v) is 6.20. The third-order valence-corrected chi connectivity index (χ3v) is 4.03. The van der Waals surface area contributed by atoms with Crippen molar-refractivity contribution in [3.05, 3.63) is 46.8 Å². The molecule has 0 spiro atoms. The van der Waals surface area contributed by atoms with Crippen LogP contribution in [0.3, 0.4) is 0 Å². The highest BCUT2D eigenvalue weighted by atomic mass is 35.5. The van der Waals surface area contributed by atoms with E-state index in [1.807, 2.05) is 6.92 Å². The Morgan fingerprint density at radius 3 is 2.50 bits per heavy atom. The normalized spacial score (nSPS) is 10.8. The van der Waals surface area contributed by atoms with Crippen molar-refractivity contribution in [3.8, 4) is 5.75 Å². The molecule has 0 fully saturated rings. The summed E-state index contributed by atoms with van der Waals surface area (Å²) < 4.78 is 6.93. The number of hydrogen-bond donors (Lipinski definition) is 1. The number of likely N-dealkylation sites (N-methyl/N-ethyl adjacent to an activating group) is 1. The molecule has 26 heavy (non-hydrogen) atoms. The predicted octanol–water partition coefficient (Wildman–Crippen LogP) is 2.50. The van der Waals surface area contributed by atoms with Gasteiger partial charge in [-0.25, -0.2) is 0 Å². The van der Waals surface area contributed by atoms with Crippen LogP contribution in [-0.2, 0) is 16.6 Å². The maximum Gasteiger partial charge on any atom is 0.259 e. The van der Waals surface area contributed by atoms with E-state index >= 15 is 0 Å². The van der Waals surface area contributed by atoms with Crippen LogP contribution in [-0.4, -0.2) is 47.2 Å². The van der Waals surface area contributed by atoms with Gasteiger partial charge in [0, 0.05) is 38.5 Å². The quantitative estimate of drug-likeness (QED) is 0.786. The Hall–Kier alpha value is -2.80. The maximum atomic E-state index is 12.0. The molecule has 2 amide bonds. The monoisotopic (exact) mass is 376 g/mol. The van der Waals surface area contributed by atoms with E-state index in [0.29, 0.717) is 22.2 Å². The molecule has 1 aromatic carbocycles. The first-order chi connectivity index (χ1) is 12.3. The zero-order chi connectivity index (χ0) is 19.3. The van der Waals surface area contributed by atoms with Gasteiger partial charge in [0.2, 0.25) is 5.91 Å². The summed E-state index contributed by atoms with van der Waals surface area (Å²) >= 11 is 6.12. The Morgan fingerprint density at radius 1 is 1.31 bits per heavy atom. The molecule has 0 aliphatic carbocycles. The van der Waals surface area contributed by atoms with E-state index in [1.54, 1.807) is 56.2 Å². The number of carbonyl (C=O) groups is 2. The van der Waals surface area contributed by atoms with Gasteiger partial charge in [-0.2, -0.15) is 5.10 Å². The molecule has 1 aromatic heterocycles. The molecule has 138 valence electrons. The minimum atomic E-state index is -0.291. The Kier molecular flexibility index (Phi) is 6.41. The molecule has 7 nitrogen and oxygen atoms in total. The summed E-state index contributed by atoms with van der Waals surface area (Å²) in [5, 5.41) is 7.40. The molecule has 8 heteroatoms. The highest BCUT2D eigenvalue weighted by Gasteiger charge is 2.09. The third-order valence-electron chi connectivity index (χ3n) is 3.58. The van der Waals surface area contributed by atoms with Crippen LogP contribution in [0.5, 0.6) is 5.75 Å². The molecule has 0 atom stereocenters. The zero-order valence-electron chi connectivity index (χ0n) is 15.1.